The first kappa shape index (κ1) is 9.30. The van der Waals surface area contributed by atoms with Crippen LogP contribution in [0.5, 0.6) is 0 Å². The first-order chi connectivity index (χ1) is 7.84. The van der Waals surface area contributed by atoms with Gasteiger partial charge in [0.1, 0.15) is 10.5 Å². The molecular weight excluding hydrogens is 220 g/mol. The van der Waals surface area contributed by atoms with Crippen molar-refractivity contribution in [2.24, 2.45) is 0 Å². The van der Waals surface area contributed by atoms with E-state index in [1.54, 1.807) is 6.20 Å². The highest BCUT2D eigenvalue weighted by Crippen LogP contribution is 2.27. The lowest BCUT2D eigenvalue weighted by Gasteiger charge is -1.92. The lowest BCUT2D eigenvalue weighted by atomic mass is 10.2. The van der Waals surface area contributed by atoms with Gasteiger partial charge in [0, 0.05) is 11.8 Å². The van der Waals surface area contributed by atoms with Crippen LogP contribution in [0.25, 0.3) is 20.8 Å². The third-order valence-corrected chi connectivity index (χ3v) is 3.41. The van der Waals surface area contributed by atoms with Crippen LogP contribution < -0.4 is 5.56 Å². The number of benzene rings is 1. The van der Waals surface area contributed by atoms with Crippen molar-refractivity contribution in [3.63, 3.8) is 0 Å². The van der Waals surface area contributed by atoms with E-state index in [0.717, 1.165) is 15.3 Å². The van der Waals surface area contributed by atoms with Crippen molar-refractivity contribution in [3.05, 3.63) is 52.9 Å². The van der Waals surface area contributed by atoms with E-state index in [2.05, 4.69) is 9.97 Å². The molecule has 3 aromatic rings. The summed E-state index contributed by atoms with van der Waals surface area (Å²) in [6, 6.07) is 11.7. The Morgan fingerprint density at radius 2 is 1.94 bits per heavy atom. The minimum atomic E-state index is -0.129. The molecule has 0 amide bonds. The number of nitrogens with zero attached hydrogens (tertiary/aromatic N) is 1. The SMILES string of the molecule is O=c1[nH]ccc2sc(-c3ccccc3)nc12. The molecule has 1 N–H and O–H groups in total. The van der Waals surface area contributed by atoms with E-state index in [0.29, 0.717) is 5.52 Å². The average Bonchev–Trinajstić information content (AvgIpc) is 2.76. The zero-order chi connectivity index (χ0) is 11.0. The number of pyridine rings is 1. The smallest absolute Gasteiger partial charge is 0.275 e. The number of aromatic nitrogens is 2. The summed E-state index contributed by atoms with van der Waals surface area (Å²) in [6.07, 6.45) is 1.65. The Balaban J connectivity index is 2.28. The van der Waals surface area contributed by atoms with Gasteiger partial charge in [0.2, 0.25) is 0 Å². The number of thiazole rings is 1. The maximum atomic E-state index is 11.5. The number of H-pyrrole nitrogens is 1. The molecule has 0 unspecified atom stereocenters. The van der Waals surface area contributed by atoms with E-state index < -0.39 is 0 Å². The zero-order valence-electron chi connectivity index (χ0n) is 8.31. The Hall–Kier alpha value is -1.94. The minimum Gasteiger partial charge on any atom is -0.327 e. The summed E-state index contributed by atoms with van der Waals surface area (Å²) in [5, 5.41) is 0.882. The van der Waals surface area contributed by atoms with Crippen LogP contribution in [0.4, 0.5) is 0 Å². The van der Waals surface area contributed by atoms with Crippen molar-refractivity contribution >= 4 is 21.6 Å². The van der Waals surface area contributed by atoms with Gasteiger partial charge < -0.3 is 4.98 Å². The summed E-state index contributed by atoms with van der Waals surface area (Å²) in [7, 11) is 0. The highest BCUT2D eigenvalue weighted by atomic mass is 32.1. The first-order valence-corrected chi connectivity index (χ1v) is 5.70. The van der Waals surface area contributed by atoms with Crippen molar-refractivity contribution in [2.45, 2.75) is 0 Å². The van der Waals surface area contributed by atoms with Gasteiger partial charge >= 0.3 is 0 Å². The molecule has 4 heteroatoms. The van der Waals surface area contributed by atoms with Crippen LogP contribution in [0.2, 0.25) is 0 Å². The van der Waals surface area contributed by atoms with Gasteiger partial charge in [-0.05, 0) is 6.07 Å². The Morgan fingerprint density at radius 1 is 1.12 bits per heavy atom. The van der Waals surface area contributed by atoms with Gasteiger partial charge in [0.15, 0.2) is 0 Å². The Labute approximate surface area is 95.4 Å². The maximum Gasteiger partial charge on any atom is 0.275 e. The lowest BCUT2D eigenvalue weighted by molar-refractivity contribution is 1.26. The number of rotatable bonds is 1. The van der Waals surface area contributed by atoms with Crippen molar-refractivity contribution in [1.29, 1.82) is 0 Å². The van der Waals surface area contributed by atoms with Crippen LogP contribution in [0, 0.1) is 0 Å². The third kappa shape index (κ3) is 1.44. The van der Waals surface area contributed by atoms with Crippen LogP contribution in [0.1, 0.15) is 0 Å². The Bertz CT molecular complexity index is 685. The van der Waals surface area contributed by atoms with Crippen LogP contribution in [0.15, 0.2) is 47.4 Å². The van der Waals surface area contributed by atoms with Crippen molar-refractivity contribution in [1.82, 2.24) is 9.97 Å². The number of fused-ring (bicyclic) bond motifs is 1. The van der Waals surface area contributed by atoms with Crippen LogP contribution >= 0.6 is 11.3 Å². The van der Waals surface area contributed by atoms with Crippen molar-refractivity contribution in [2.75, 3.05) is 0 Å². The highest BCUT2D eigenvalue weighted by Gasteiger charge is 2.07. The Kier molecular flexibility index (Phi) is 2.08. The summed E-state index contributed by atoms with van der Waals surface area (Å²) in [5.41, 5.74) is 1.44. The monoisotopic (exact) mass is 228 g/mol. The van der Waals surface area contributed by atoms with E-state index in [1.807, 2.05) is 36.4 Å². The van der Waals surface area contributed by atoms with E-state index in [1.165, 1.54) is 11.3 Å². The molecule has 3 rings (SSSR count). The zero-order valence-corrected chi connectivity index (χ0v) is 9.12. The van der Waals surface area contributed by atoms with Gasteiger partial charge in [-0.25, -0.2) is 4.98 Å². The fourth-order valence-electron chi connectivity index (χ4n) is 1.57. The molecule has 0 bridgehead atoms. The molecule has 0 fully saturated rings. The van der Waals surface area contributed by atoms with Gasteiger partial charge in [-0.15, -0.1) is 11.3 Å². The standard InChI is InChI=1S/C12H8N2OS/c15-11-10-9(6-7-13-11)16-12(14-10)8-4-2-1-3-5-8/h1-7H,(H,13,15). The topological polar surface area (TPSA) is 45.8 Å². The molecule has 3 nitrogen and oxygen atoms in total. The molecule has 0 radical (unpaired) electrons. The molecule has 0 aliphatic heterocycles. The number of aromatic amines is 1. The van der Waals surface area contributed by atoms with Gasteiger partial charge in [-0.2, -0.15) is 0 Å². The molecular formula is C12H8N2OS. The summed E-state index contributed by atoms with van der Waals surface area (Å²) >= 11 is 1.53. The van der Waals surface area contributed by atoms with Crippen molar-refractivity contribution < 1.29 is 0 Å². The highest BCUT2D eigenvalue weighted by molar-refractivity contribution is 7.21. The van der Waals surface area contributed by atoms with Gasteiger partial charge in [-0.3, -0.25) is 4.79 Å². The number of nitrogens with one attached hydrogen (secondary N) is 1. The van der Waals surface area contributed by atoms with Crippen LogP contribution in [-0.4, -0.2) is 9.97 Å². The quantitative estimate of drug-likeness (QED) is 0.696. The van der Waals surface area contributed by atoms with Crippen molar-refractivity contribution in [3.8, 4) is 10.6 Å². The van der Waals surface area contributed by atoms with E-state index in [9.17, 15) is 4.79 Å². The molecule has 0 atom stereocenters. The largest absolute Gasteiger partial charge is 0.327 e. The first-order valence-electron chi connectivity index (χ1n) is 4.88. The maximum absolute atomic E-state index is 11.5. The fourth-order valence-corrected chi connectivity index (χ4v) is 2.54. The molecule has 2 heterocycles. The predicted molar refractivity (Wildman–Crippen MR) is 65.7 cm³/mol. The van der Waals surface area contributed by atoms with Gasteiger partial charge in [0.05, 0.1) is 4.70 Å². The van der Waals surface area contributed by atoms with Crippen LogP contribution in [0.3, 0.4) is 0 Å². The summed E-state index contributed by atoms with van der Waals surface area (Å²) < 4.78 is 0.919. The molecule has 0 saturated heterocycles. The molecule has 78 valence electrons. The normalized spacial score (nSPS) is 10.8. The Morgan fingerprint density at radius 3 is 2.69 bits per heavy atom. The van der Waals surface area contributed by atoms with E-state index in [-0.39, 0.29) is 5.56 Å². The second-order valence-electron chi connectivity index (χ2n) is 3.40. The lowest BCUT2D eigenvalue weighted by Crippen LogP contribution is -2.03. The van der Waals surface area contributed by atoms with E-state index in [4.69, 9.17) is 0 Å². The summed E-state index contributed by atoms with van der Waals surface area (Å²) in [4.78, 5) is 18.5. The molecule has 0 aliphatic rings. The van der Waals surface area contributed by atoms with Gasteiger partial charge in [-0.1, -0.05) is 30.3 Å². The number of hydrogen-bond donors (Lipinski definition) is 1. The second kappa shape index (κ2) is 3.57. The molecule has 2 aromatic heterocycles. The average molecular weight is 228 g/mol. The second-order valence-corrected chi connectivity index (χ2v) is 4.44. The molecule has 16 heavy (non-hydrogen) atoms. The molecule has 1 aromatic carbocycles. The van der Waals surface area contributed by atoms with Gasteiger partial charge in [0.25, 0.3) is 5.56 Å². The summed E-state index contributed by atoms with van der Waals surface area (Å²) in [6.45, 7) is 0. The van der Waals surface area contributed by atoms with Crippen LogP contribution in [-0.2, 0) is 0 Å². The van der Waals surface area contributed by atoms with E-state index >= 15 is 0 Å². The fraction of sp³-hybridized carbons (Fsp3) is 0. The number of hydrogen-bond acceptors (Lipinski definition) is 3. The summed E-state index contributed by atoms with van der Waals surface area (Å²) in [5.74, 6) is 0. The molecule has 0 spiro atoms. The predicted octanol–water partition coefficient (Wildman–Crippen LogP) is 2.65. The molecule has 0 aliphatic carbocycles. The molecule has 0 saturated carbocycles. The third-order valence-electron chi connectivity index (χ3n) is 2.34. The minimum absolute atomic E-state index is 0.129.